The van der Waals surface area contributed by atoms with Gasteiger partial charge < -0.3 is 19.5 Å². The summed E-state index contributed by atoms with van der Waals surface area (Å²) in [6.07, 6.45) is 0. The van der Waals surface area contributed by atoms with Crippen LogP contribution < -0.4 is 15.7 Å². The molecule has 26 heavy (non-hydrogen) atoms. The number of rotatable bonds is 4. The molecule has 7 nitrogen and oxygen atoms in total. The van der Waals surface area contributed by atoms with Crippen LogP contribution >= 0.6 is 0 Å². The Labute approximate surface area is 155 Å². The molecule has 0 amide bonds. The Kier molecular flexibility index (Phi) is 5.22. The number of nitrogens with zero attached hydrogens (tertiary/aromatic N) is 4. The first-order valence-corrected chi connectivity index (χ1v) is 9.21. The highest BCUT2D eigenvalue weighted by molar-refractivity contribution is 6.62. The van der Waals surface area contributed by atoms with Gasteiger partial charge in [-0.3, -0.25) is 0 Å². The van der Waals surface area contributed by atoms with Gasteiger partial charge in [0.25, 0.3) is 0 Å². The van der Waals surface area contributed by atoms with Crippen LogP contribution in [0.1, 0.15) is 38.8 Å². The van der Waals surface area contributed by atoms with Crippen LogP contribution in [0.3, 0.4) is 0 Å². The first kappa shape index (κ1) is 19.0. The molecule has 0 bridgehead atoms. The fourth-order valence-electron chi connectivity index (χ4n) is 3.44. The Morgan fingerprint density at radius 1 is 1.19 bits per heavy atom. The number of hydrogen-bond donors (Lipinski definition) is 1. The maximum absolute atomic E-state index is 8.71. The van der Waals surface area contributed by atoms with Crippen molar-refractivity contribution in [1.82, 2.24) is 5.32 Å². The van der Waals surface area contributed by atoms with Gasteiger partial charge in [-0.15, -0.1) is 0 Å². The molecule has 2 aliphatic rings. The monoisotopic (exact) mass is 357 g/mol. The van der Waals surface area contributed by atoms with E-state index < -0.39 is 7.12 Å². The van der Waals surface area contributed by atoms with E-state index in [2.05, 4.69) is 67.0 Å². The molecule has 2 aliphatic heterocycles. The maximum Gasteiger partial charge on any atom is 0.495 e. The minimum atomic E-state index is -0.423. The molecular weight excluding hydrogens is 329 g/mol. The zero-order chi connectivity index (χ0) is 18.9. The lowest BCUT2D eigenvalue weighted by atomic mass is 9.74. The molecule has 1 aromatic carbocycles. The van der Waals surface area contributed by atoms with Crippen molar-refractivity contribution in [3.63, 3.8) is 0 Å². The van der Waals surface area contributed by atoms with Gasteiger partial charge in [-0.1, -0.05) is 11.2 Å². The molecule has 1 aromatic rings. The average Bonchev–Trinajstić information content (AvgIpc) is 2.82. The summed E-state index contributed by atoms with van der Waals surface area (Å²) in [5.41, 5.74) is 12.3. The standard InChI is InChI=1S/C18H28BN5O2/c1-13-15(19-25-17(2,3)18(4,5)26-19)10-14(12-22-23-20)11-16(13)24-8-6-21-7-9-24/h10-11,21H,6-9,12H2,1-5H3. The molecule has 8 heteroatoms. The topological polar surface area (TPSA) is 82.5 Å². The second kappa shape index (κ2) is 7.12. The molecule has 0 atom stereocenters. The van der Waals surface area contributed by atoms with Gasteiger partial charge in [0.05, 0.1) is 17.7 Å². The van der Waals surface area contributed by atoms with Gasteiger partial charge in [0.1, 0.15) is 0 Å². The van der Waals surface area contributed by atoms with Crippen molar-refractivity contribution in [1.29, 1.82) is 0 Å². The van der Waals surface area contributed by atoms with E-state index in [4.69, 9.17) is 14.8 Å². The van der Waals surface area contributed by atoms with Gasteiger partial charge in [-0.25, -0.2) is 0 Å². The SMILES string of the molecule is Cc1c(B2OC(C)(C)C(C)(C)O2)cc(CN=[N+]=[N-])cc1N1CCNCC1. The van der Waals surface area contributed by atoms with Crippen LogP contribution in [0.2, 0.25) is 0 Å². The third-order valence-corrected chi connectivity index (χ3v) is 5.76. The van der Waals surface area contributed by atoms with E-state index in [0.717, 1.165) is 42.8 Å². The number of benzene rings is 1. The molecule has 0 aromatic heterocycles. The van der Waals surface area contributed by atoms with Crippen LogP contribution in [0.15, 0.2) is 17.2 Å². The second-order valence-corrected chi connectivity index (χ2v) is 8.04. The predicted molar refractivity (Wildman–Crippen MR) is 105 cm³/mol. The molecule has 2 fully saturated rings. The summed E-state index contributed by atoms with van der Waals surface area (Å²) in [5, 5.41) is 7.14. The zero-order valence-corrected chi connectivity index (χ0v) is 16.4. The highest BCUT2D eigenvalue weighted by Crippen LogP contribution is 2.37. The fourth-order valence-corrected chi connectivity index (χ4v) is 3.44. The van der Waals surface area contributed by atoms with Crippen LogP contribution in [0.25, 0.3) is 10.4 Å². The van der Waals surface area contributed by atoms with E-state index in [9.17, 15) is 0 Å². The van der Waals surface area contributed by atoms with Crippen molar-refractivity contribution < 1.29 is 9.31 Å². The zero-order valence-electron chi connectivity index (χ0n) is 16.4. The minimum absolute atomic E-state index is 0.322. The Hall–Kier alpha value is -1.73. The van der Waals surface area contributed by atoms with E-state index in [1.54, 1.807) is 0 Å². The molecule has 2 saturated heterocycles. The quantitative estimate of drug-likeness (QED) is 0.389. The molecule has 0 saturated carbocycles. The first-order valence-electron chi connectivity index (χ1n) is 9.21. The Bertz CT molecular complexity index is 709. The summed E-state index contributed by atoms with van der Waals surface area (Å²) in [6.45, 7) is 14.5. The summed E-state index contributed by atoms with van der Waals surface area (Å²) in [5.74, 6) is 0. The van der Waals surface area contributed by atoms with Gasteiger partial charge in [-0.2, -0.15) is 0 Å². The summed E-state index contributed by atoms with van der Waals surface area (Å²) in [4.78, 5) is 5.28. The molecule has 0 spiro atoms. The normalized spacial score (nSPS) is 21.6. The summed E-state index contributed by atoms with van der Waals surface area (Å²) in [6, 6.07) is 4.18. The number of anilines is 1. The van der Waals surface area contributed by atoms with E-state index in [1.165, 1.54) is 5.69 Å². The third kappa shape index (κ3) is 3.55. The largest absolute Gasteiger partial charge is 0.495 e. The van der Waals surface area contributed by atoms with Crippen molar-refractivity contribution in [2.24, 2.45) is 5.11 Å². The molecule has 0 radical (unpaired) electrons. The highest BCUT2D eigenvalue weighted by atomic mass is 16.7. The fraction of sp³-hybridized carbons (Fsp3) is 0.667. The third-order valence-electron chi connectivity index (χ3n) is 5.76. The van der Waals surface area contributed by atoms with E-state index >= 15 is 0 Å². The van der Waals surface area contributed by atoms with Gasteiger partial charge in [0, 0.05) is 36.8 Å². The Morgan fingerprint density at radius 3 is 2.38 bits per heavy atom. The summed E-state index contributed by atoms with van der Waals surface area (Å²) in [7, 11) is -0.423. The molecular formula is C18H28BN5O2. The maximum atomic E-state index is 8.71. The predicted octanol–water partition coefficient (Wildman–Crippen LogP) is 2.51. The number of hydrogen-bond acceptors (Lipinski definition) is 5. The van der Waals surface area contributed by atoms with Gasteiger partial charge in [0.15, 0.2) is 0 Å². The highest BCUT2D eigenvalue weighted by Gasteiger charge is 2.52. The number of azide groups is 1. The number of nitrogens with one attached hydrogen (secondary N) is 1. The van der Waals surface area contributed by atoms with Crippen LogP contribution in [-0.4, -0.2) is 44.5 Å². The van der Waals surface area contributed by atoms with E-state index in [0.29, 0.717) is 6.54 Å². The molecule has 3 rings (SSSR count). The Morgan fingerprint density at radius 2 is 1.81 bits per heavy atom. The molecule has 0 unspecified atom stereocenters. The summed E-state index contributed by atoms with van der Waals surface area (Å²) < 4.78 is 12.6. The summed E-state index contributed by atoms with van der Waals surface area (Å²) >= 11 is 0. The Balaban J connectivity index is 2.02. The van der Waals surface area contributed by atoms with Crippen LogP contribution in [0.4, 0.5) is 5.69 Å². The van der Waals surface area contributed by atoms with Crippen molar-refractivity contribution >= 4 is 18.3 Å². The van der Waals surface area contributed by atoms with Crippen molar-refractivity contribution in [2.75, 3.05) is 31.1 Å². The van der Waals surface area contributed by atoms with Crippen LogP contribution in [0.5, 0.6) is 0 Å². The molecule has 1 N–H and O–H groups in total. The number of piperazine rings is 1. The molecule has 0 aliphatic carbocycles. The lowest BCUT2D eigenvalue weighted by Gasteiger charge is -2.32. The van der Waals surface area contributed by atoms with E-state index in [-0.39, 0.29) is 11.2 Å². The van der Waals surface area contributed by atoms with Crippen molar-refractivity contribution in [2.45, 2.75) is 52.4 Å². The molecule has 140 valence electrons. The van der Waals surface area contributed by atoms with Gasteiger partial charge in [0.2, 0.25) is 0 Å². The van der Waals surface area contributed by atoms with Gasteiger partial charge >= 0.3 is 7.12 Å². The van der Waals surface area contributed by atoms with Crippen molar-refractivity contribution in [3.8, 4) is 0 Å². The average molecular weight is 357 g/mol. The lowest BCUT2D eigenvalue weighted by Crippen LogP contribution is -2.45. The lowest BCUT2D eigenvalue weighted by molar-refractivity contribution is 0.00578. The smallest absolute Gasteiger partial charge is 0.399 e. The minimum Gasteiger partial charge on any atom is -0.399 e. The van der Waals surface area contributed by atoms with Crippen LogP contribution in [0, 0.1) is 6.92 Å². The van der Waals surface area contributed by atoms with Crippen LogP contribution in [-0.2, 0) is 15.9 Å². The van der Waals surface area contributed by atoms with E-state index in [1.807, 2.05) is 0 Å². The van der Waals surface area contributed by atoms with Gasteiger partial charge in [-0.05, 0) is 62.8 Å². The first-order chi connectivity index (χ1) is 12.2. The van der Waals surface area contributed by atoms with Crippen molar-refractivity contribution in [3.05, 3.63) is 33.7 Å². The second-order valence-electron chi connectivity index (χ2n) is 8.04. The molecule has 2 heterocycles.